The van der Waals surface area contributed by atoms with Crippen molar-refractivity contribution in [2.75, 3.05) is 13.7 Å². The molecule has 0 spiro atoms. The molecule has 46 heavy (non-hydrogen) atoms. The molecule has 1 amide bonds. The Hall–Kier alpha value is -2.99. The van der Waals surface area contributed by atoms with Gasteiger partial charge in [-0.15, -0.1) is 5.10 Å². The van der Waals surface area contributed by atoms with Crippen LogP contribution < -0.4 is 10.3 Å². The number of hydrogen-bond acceptors (Lipinski definition) is 6. The molecule has 0 aromatic carbocycles. The Morgan fingerprint density at radius 3 is 2.26 bits per heavy atom. The van der Waals surface area contributed by atoms with Crippen molar-refractivity contribution in [3.63, 3.8) is 0 Å². The lowest BCUT2D eigenvalue weighted by Crippen LogP contribution is -2.49. The van der Waals surface area contributed by atoms with E-state index in [2.05, 4.69) is 52.9 Å². The van der Waals surface area contributed by atoms with Gasteiger partial charge in [0.25, 0.3) is 5.91 Å². The topological polar surface area (TPSA) is 69.5 Å². The van der Waals surface area contributed by atoms with Crippen LogP contribution in [0.2, 0.25) is 6.82 Å². The SMILES string of the molecule is C=C/C=C(\C=C)SN(C)C(=O)c1ccc(-n2ccc(OCCC3(C(F)(F)F)CC3)n2)nc1B(C)OC(C)(C)C(C)(C)C.CCCC. The molecule has 2 heterocycles. The summed E-state index contributed by atoms with van der Waals surface area (Å²) in [5, 5.41) is 4.36. The Bertz CT molecular complexity index is 1360. The average Bonchev–Trinajstić information content (AvgIpc) is 3.65. The fraction of sp³-hybridized carbons (Fsp3) is 0.559. The molecule has 0 atom stereocenters. The number of halogens is 3. The summed E-state index contributed by atoms with van der Waals surface area (Å²) in [5.74, 6) is 0.317. The van der Waals surface area contributed by atoms with Crippen molar-refractivity contribution in [1.29, 1.82) is 0 Å². The molecule has 0 N–H and O–H groups in total. The first-order valence-electron chi connectivity index (χ1n) is 15.7. The lowest BCUT2D eigenvalue weighted by Gasteiger charge is -2.40. The summed E-state index contributed by atoms with van der Waals surface area (Å²) in [7, 11) is 1.66. The molecule has 1 fully saturated rings. The molecule has 0 bridgehead atoms. The predicted octanol–water partition coefficient (Wildman–Crippen LogP) is 8.83. The van der Waals surface area contributed by atoms with E-state index in [1.165, 1.54) is 33.8 Å². The third-order valence-electron chi connectivity index (χ3n) is 8.40. The van der Waals surface area contributed by atoms with Gasteiger partial charge in [0.2, 0.25) is 5.88 Å². The minimum atomic E-state index is -4.22. The lowest BCUT2D eigenvalue weighted by molar-refractivity contribution is -0.190. The molecule has 0 aliphatic heterocycles. The van der Waals surface area contributed by atoms with E-state index in [1.807, 2.05) is 20.7 Å². The Morgan fingerprint density at radius 1 is 1.13 bits per heavy atom. The van der Waals surface area contributed by atoms with Crippen LogP contribution in [-0.2, 0) is 4.65 Å². The number of allylic oxidation sites excluding steroid dienone is 3. The molecule has 2 aromatic heterocycles. The van der Waals surface area contributed by atoms with Gasteiger partial charge in [-0.25, -0.2) is 9.67 Å². The van der Waals surface area contributed by atoms with E-state index in [0.29, 0.717) is 17.0 Å². The lowest BCUT2D eigenvalue weighted by atomic mass is 9.63. The van der Waals surface area contributed by atoms with E-state index in [4.69, 9.17) is 14.4 Å². The number of carbonyl (C=O) groups excluding carboxylic acids is 1. The second-order valence-corrected chi connectivity index (χ2v) is 14.2. The molecular formula is C34H50BF3N4O3S. The number of amides is 1. The van der Waals surface area contributed by atoms with E-state index < -0.39 is 24.1 Å². The molecule has 1 aliphatic rings. The van der Waals surface area contributed by atoms with Crippen LogP contribution in [0.5, 0.6) is 5.88 Å². The summed E-state index contributed by atoms with van der Waals surface area (Å²) in [6, 6.07) is 4.90. The number of nitrogens with zero attached hydrogens (tertiary/aromatic N) is 4. The minimum absolute atomic E-state index is 0.0909. The second-order valence-electron chi connectivity index (χ2n) is 13.0. The summed E-state index contributed by atoms with van der Waals surface area (Å²) in [5.41, 5.74) is -1.61. The smallest absolute Gasteiger partial charge is 0.394 e. The molecule has 3 rings (SSSR count). The summed E-state index contributed by atoms with van der Waals surface area (Å²) >= 11 is 1.21. The van der Waals surface area contributed by atoms with Crippen LogP contribution in [0.15, 0.2) is 60.7 Å². The molecule has 1 saturated carbocycles. The maximum atomic E-state index is 13.6. The van der Waals surface area contributed by atoms with Crippen molar-refractivity contribution in [2.24, 2.45) is 10.8 Å². The van der Waals surface area contributed by atoms with Crippen LogP contribution in [-0.4, -0.2) is 57.3 Å². The van der Waals surface area contributed by atoms with Crippen molar-refractivity contribution in [3.8, 4) is 11.7 Å². The Kier molecular flexibility index (Phi) is 13.8. The number of hydrogen-bond donors (Lipinski definition) is 0. The van der Waals surface area contributed by atoms with Crippen molar-refractivity contribution >= 4 is 30.4 Å². The van der Waals surface area contributed by atoms with E-state index >= 15 is 0 Å². The van der Waals surface area contributed by atoms with Crippen molar-refractivity contribution in [1.82, 2.24) is 19.1 Å². The monoisotopic (exact) mass is 662 g/mol. The van der Waals surface area contributed by atoms with Crippen molar-refractivity contribution in [3.05, 3.63) is 66.3 Å². The van der Waals surface area contributed by atoms with Gasteiger partial charge >= 0.3 is 13.1 Å². The van der Waals surface area contributed by atoms with Crippen LogP contribution in [0, 0.1) is 10.8 Å². The quantitative estimate of drug-likeness (QED) is 0.114. The third-order valence-corrected chi connectivity index (χ3v) is 9.35. The van der Waals surface area contributed by atoms with Gasteiger partial charge in [0.05, 0.1) is 28.8 Å². The van der Waals surface area contributed by atoms with Gasteiger partial charge in [0.1, 0.15) is 0 Å². The first kappa shape index (κ1) is 39.2. The maximum Gasteiger partial charge on any atom is 0.394 e. The van der Waals surface area contributed by atoms with Crippen LogP contribution in [0.3, 0.4) is 0 Å². The summed E-state index contributed by atoms with van der Waals surface area (Å²) < 4.78 is 54.7. The predicted molar refractivity (Wildman–Crippen MR) is 184 cm³/mol. The first-order chi connectivity index (χ1) is 21.4. The van der Waals surface area contributed by atoms with Gasteiger partial charge in [-0.2, -0.15) is 13.2 Å². The van der Waals surface area contributed by atoms with E-state index in [0.717, 1.165) is 4.91 Å². The summed E-state index contributed by atoms with van der Waals surface area (Å²) in [4.78, 5) is 19.1. The van der Waals surface area contributed by atoms with Crippen LogP contribution in [0.1, 0.15) is 90.9 Å². The Labute approximate surface area is 277 Å². The fourth-order valence-electron chi connectivity index (χ4n) is 4.07. The number of carbonyl (C=O) groups is 1. The molecule has 0 unspecified atom stereocenters. The molecule has 2 aromatic rings. The molecule has 7 nitrogen and oxygen atoms in total. The van der Waals surface area contributed by atoms with Crippen molar-refractivity contribution < 1.29 is 27.4 Å². The van der Waals surface area contributed by atoms with Gasteiger partial charge in [0, 0.05) is 24.2 Å². The molecule has 12 heteroatoms. The number of unbranched alkanes of at least 4 members (excludes halogenated alkanes) is 1. The normalized spacial score (nSPS) is 14.6. The fourth-order valence-corrected chi connectivity index (χ4v) is 4.80. The minimum Gasteiger partial charge on any atom is -0.477 e. The van der Waals surface area contributed by atoms with Crippen molar-refractivity contribution in [2.45, 2.75) is 99.2 Å². The van der Waals surface area contributed by atoms with E-state index in [1.54, 1.807) is 49.7 Å². The number of aromatic nitrogens is 3. The zero-order chi connectivity index (χ0) is 34.9. The maximum absolute atomic E-state index is 13.6. The third kappa shape index (κ3) is 10.3. The van der Waals surface area contributed by atoms with Gasteiger partial charge in [-0.1, -0.05) is 79.6 Å². The molecule has 254 valence electrons. The molecule has 1 aliphatic carbocycles. The van der Waals surface area contributed by atoms with Crippen LogP contribution >= 0.6 is 11.9 Å². The highest BCUT2D eigenvalue weighted by Crippen LogP contribution is 2.59. The Balaban J connectivity index is 0.00000173. The summed E-state index contributed by atoms with van der Waals surface area (Å²) in [6.07, 6.45) is 5.20. The highest BCUT2D eigenvalue weighted by atomic mass is 32.2. The molecule has 0 radical (unpaired) electrons. The van der Waals surface area contributed by atoms with E-state index in [-0.39, 0.29) is 43.1 Å². The van der Waals surface area contributed by atoms with Gasteiger partial charge in [-0.05, 0) is 68.7 Å². The Morgan fingerprint density at radius 2 is 1.76 bits per heavy atom. The molecular weight excluding hydrogens is 612 g/mol. The first-order valence-corrected chi connectivity index (χ1v) is 16.5. The second kappa shape index (κ2) is 16.2. The summed E-state index contributed by atoms with van der Waals surface area (Å²) in [6.45, 7) is 23.3. The zero-order valence-electron chi connectivity index (χ0n) is 28.8. The van der Waals surface area contributed by atoms with Gasteiger partial charge in [0.15, 0.2) is 5.82 Å². The number of ether oxygens (including phenoxy) is 1. The number of rotatable bonds is 14. The average molecular weight is 663 g/mol. The standard InChI is InChI=1S/C30H40BF3N4O3S.C4H10/c1-10-12-21(11-2)42-37(9)26(39)22-13-14-23(35-25(22)31(8)41-28(6,7)27(3,4)5)38-19-15-24(36-38)40-20-18-29(16-17-29)30(32,33)34;1-3-4-2/h10-15,19H,1-2,16-18,20H2,3-9H3;3-4H2,1-2H3/b21-12+;. The van der Waals surface area contributed by atoms with Crippen LogP contribution in [0.4, 0.5) is 13.2 Å². The van der Waals surface area contributed by atoms with Gasteiger partial charge in [-0.3, -0.25) is 9.10 Å². The highest BCUT2D eigenvalue weighted by molar-refractivity contribution is 8.01. The zero-order valence-corrected chi connectivity index (χ0v) is 29.6. The number of pyridine rings is 1. The van der Waals surface area contributed by atoms with Crippen LogP contribution in [0.25, 0.3) is 5.82 Å². The van der Waals surface area contributed by atoms with Gasteiger partial charge < -0.3 is 9.39 Å². The molecule has 0 saturated heterocycles. The highest BCUT2D eigenvalue weighted by Gasteiger charge is 2.62. The largest absolute Gasteiger partial charge is 0.477 e. The number of alkyl halides is 3. The van der Waals surface area contributed by atoms with E-state index in [9.17, 15) is 18.0 Å².